The van der Waals surface area contributed by atoms with Crippen LogP contribution >= 0.6 is 11.3 Å². The van der Waals surface area contributed by atoms with Crippen molar-refractivity contribution < 1.29 is 18.7 Å². The number of rotatable bonds is 7. The van der Waals surface area contributed by atoms with Gasteiger partial charge in [-0.05, 0) is 36.8 Å². The van der Waals surface area contributed by atoms with Gasteiger partial charge in [-0.1, -0.05) is 12.1 Å². The van der Waals surface area contributed by atoms with Gasteiger partial charge in [0.2, 0.25) is 5.91 Å². The van der Waals surface area contributed by atoms with Crippen LogP contribution in [0.2, 0.25) is 0 Å². The smallest absolute Gasteiger partial charge is 0.262 e. The molecule has 2 N–H and O–H groups in total. The van der Waals surface area contributed by atoms with Crippen LogP contribution in [0.25, 0.3) is 10.2 Å². The van der Waals surface area contributed by atoms with Gasteiger partial charge in [-0.2, -0.15) is 0 Å². The van der Waals surface area contributed by atoms with E-state index in [1.807, 2.05) is 0 Å². The summed E-state index contributed by atoms with van der Waals surface area (Å²) < 4.78 is 11.7. The van der Waals surface area contributed by atoms with Crippen molar-refractivity contribution in [3.05, 3.63) is 75.5 Å². The number of carbonyl (C=O) groups excluding carboxylic acids is 2. The molecule has 0 atom stereocenters. The standard InChI is InChI=1S/C22H20N4O5S/c1-13-18-21(32-19(13)20(28)23-10-14-6-5-9-31-14)24-12-26(22(18)29)11-17(27)25-15-7-3-4-8-16(15)30-2/h3-9,12H,10-11H2,1-2H3,(H,23,28)(H,25,27). The number of anilines is 1. The van der Waals surface area contributed by atoms with Crippen molar-refractivity contribution in [1.29, 1.82) is 0 Å². The molecule has 0 saturated carbocycles. The molecule has 0 aliphatic heterocycles. The third-order valence-electron chi connectivity index (χ3n) is 4.82. The van der Waals surface area contributed by atoms with Crippen LogP contribution in [0, 0.1) is 6.92 Å². The number of hydrogen-bond donors (Lipinski definition) is 2. The van der Waals surface area contributed by atoms with E-state index >= 15 is 0 Å². The van der Waals surface area contributed by atoms with Gasteiger partial charge < -0.3 is 19.8 Å². The van der Waals surface area contributed by atoms with Gasteiger partial charge in [0.1, 0.15) is 22.9 Å². The maximum absolute atomic E-state index is 13.0. The summed E-state index contributed by atoms with van der Waals surface area (Å²) >= 11 is 1.13. The minimum absolute atomic E-state index is 0.227. The number of nitrogens with one attached hydrogen (secondary N) is 2. The number of ether oxygens (including phenoxy) is 1. The monoisotopic (exact) mass is 452 g/mol. The Balaban J connectivity index is 1.54. The topological polar surface area (TPSA) is 115 Å². The first-order chi connectivity index (χ1) is 15.5. The van der Waals surface area contributed by atoms with Gasteiger partial charge in [-0.15, -0.1) is 11.3 Å². The predicted octanol–water partition coefficient (Wildman–Crippen LogP) is 2.94. The molecule has 32 heavy (non-hydrogen) atoms. The van der Waals surface area contributed by atoms with Crippen LogP contribution in [0.15, 0.2) is 58.2 Å². The van der Waals surface area contributed by atoms with E-state index in [1.165, 1.54) is 24.3 Å². The zero-order chi connectivity index (χ0) is 22.7. The first-order valence-corrected chi connectivity index (χ1v) is 10.5. The first kappa shape index (κ1) is 21.3. The van der Waals surface area contributed by atoms with Crippen LogP contribution < -0.4 is 20.9 Å². The van der Waals surface area contributed by atoms with E-state index in [-0.39, 0.29) is 24.6 Å². The molecule has 0 radical (unpaired) electrons. The first-order valence-electron chi connectivity index (χ1n) is 9.70. The third-order valence-corrected chi connectivity index (χ3v) is 6.02. The SMILES string of the molecule is COc1ccccc1NC(=O)Cn1cnc2sc(C(=O)NCc3ccco3)c(C)c2c1=O. The lowest BCUT2D eigenvalue weighted by Crippen LogP contribution is -2.28. The lowest BCUT2D eigenvalue weighted by molar-refractivity contribution is -0.116. The van der Waals surface area contributed by atoms with Crippen molar-refractivity contribution >= 4 is 39.1 Å². The van der Waals surface area contributed by atoms with Crippen LogP contribution in [0.3, 0.4) is 0 Å². The van der Waals surface area contributed by atoms with Gasteiger partial charge in [0.25, 0.3) is 11.5 Å². The minimum atomic E-state index is -0.401. The molecule has 3 heterocycles. The number of hydrogen-bond acceptors (Lipinski definition) is 7. The van der Waals surface area contributed by atoms with E-state index in [4.69, 9.17) is 9.15 Å². The highest BCUT2D eigenvalue weighted by Gasteiger charge is 2.20. The Labute approximate surface area is 186 Å². The molecule has 0 unspecified atom stereocenters. The summed E-state index contributed by atoms with van der Waals surface area (Å²) in [6, 6.07) is 10.5. The van der Waals surface area contributed by atoms with Crippen molar-refractivity contribution in [2.45, 2.75) is 20.0 Å². The average Bonchev–Trinajstić information content (AvgIpc) is 3.42. The number of nitrogens with zero attached hydrogens (tertiary/aromatic N) is 2. The maximum Gasteiger partial charge on any atom is 0.262 e. The largest absolute Gasteiger partial charge is 0.495 e. The number of fused-ring (bicyclic) bond motifs is 1. The zero-order valence-electron chi connectivity index (χ0n) is 17.4. The molecule has 3 aromatic heterocycles. The normalized spacial score (nSPS) is 10.8. The van der Waals surface area contributed by atoms with Crippen LogP contribution in [-0.2, 0) is 17.9 Å². The summed E-state index contributed by atoms with van der Waals surface area (Å²) in [5, 5.41) is 5.83. The number of aromatic nitrogens is 2. The van der Waals surface area contributed by atoms with E-state index in [0.717, 1.165) is 11.3 Å². The lowest BCUT2D eigenvalue weighted by atomic mass is 10.2. The maximum atomic E-state index is 13.0. The molecule has 9 nitrogen and oxygen atoms in total. The fourth-order valence-electron chi connectivity index (χ4n) is 3.24. The Morgan fingerprint density at radius 3 is 2.78 bits per heavy atom. The summed E-state index contributed by atoms with van der Waals surface area (Å²) in [7, 11) is 1.51. The molecule has 0 saturated heterocycles. The van der Waals surface area contributed by atoms with E-state index in [9.17, 15) is 14.4 Å². The highest BCUT2D eigenvalue weighted by Crippen LogP contribution is 2.27. The van der Waals surface area contributed by atoms with E-state index in [0.29, 0.717) is 37.9 Å². The van der Waals surface area contributed by atoms with Crippen molar-refractivity contribution in [3.63, 3.8) is 0 Å². The fourth-order valence-corrected chi connectivity index (χ4v) is 4.30. The van der Waals surface area contributed by atoms with Crippen LogP contribution in [0.5, 0.6) is 5.75 Å². The molecule has 0 fully saturated rings. The number of methoxy groups -OCH3 is 1. The van der Waals surface area contributed by atoms with E-state index < -0.39 is 5.91 Å². The van der Waals surface area contributed by atoms with E-state index in [1.54, 1.807) is 43.3 Å². The molecule has 0 bridgehead atoms. The quantitative estimate of drug-likeness (QED) is 0.446. The molecule has 164 valence electrons. The Morgan fingerprint density at radius 1 is 1.22 bits per heavy atom. The van der Waals surface area contributed by atoms with Gasteiger partial charge in [0.05, 0.1) is 42.2 Å². The summed E-state index contributed by atoms with van der Waals surface area (Å²) in [5.41, 5.74) is 0.646. The Morgan fingerprint density at radius 2 is 2.03 bits per heavy atom. The molecule has 0 aliphatic rings. The van der Waals surface area contributed by atoms with Crippen molar-refractivity contribution in [2.24, 2.45) is 0 Å². The molecular weight excluding hydrogens is 432 g/mol. The number of aryl methyl sites for hydroxylation is 1. The van der Waals surface area contributed by atoms with Crippen LogP contribution in [0.1, 0.15) is 21.0 Å². The minimum Gasteiger partial charge on any atom is -0.495 e. The predicted molar refractivity (Wildman–Crippen MR) is 120 cm³/mol. The number of carbonyl (C=O) groups is 2. The van der Waals surface area contributed by atoms with Gasteiger partial charge in [-0.25, -0.2) is 4.98 Å². The van der Waals surface area contributed by atoms with Gasteiger partial charge in [0.15, 0.2) is 0 Å². The van der Waals surface area contributed by atoms with Crippen molar-refractivity contribution in [2.75, 3.05) is 12.4 Å². The summed E-state index contributed by atoms with van der Waals surface area (Å²) in [4.78, 5) is 43.3. The summed E-state index contributed by atoms with van der Waals surface area (Å²) in [6.07, 6.45) is 2.84. The van der Waals surface area contributed by atoms with Crippen LogP contribution in [-0.4, -0.2) is 28.5 Å². The van der Waals surface area contributed by atoms with Gasteiger partial charge in [0, 0.05) is 0 Å². The Bertz CT molecular complexity index is 1340. The highest BCUT2D eigenvalue weighted by atomic mass is 32.1. The Hall–Kier alpha value is -3.92. The van der Waals surface area contributed by atoms with Gasteiger partial charge >= 0.3 is 0 Å². The molecule has 4 aromatic rings. The molecule has 0 aliphatic carbocycles. The van der Waals surface area contributed by atoms with Gasteiger partial charge in [-0.3, -0.25) is 19.0 Å². The molecule has 10 heteroatoms. The number of amides is 2. The van der Waals surface area contributed by atoms with Crippen molar-refractivity contribution in [1.82, 2.24) is 14.9 Å². The molecule has 1 aromatic carbocycles. The molecule has 4 rings (SSSR count). The molecular formula is C22H20N4O5S. The highest BCUT2D eigenvalue weighted by molar-refractivity contribution is 7.20. The van der Waals surface area contributed by atoms with Crippen LogP contribution in [0.4, 0.5) is 5.69 Å². The van der Waals surface area contributed by atoms with E-state index in [2.05, 4.69) is 15.6 Å². The Kier molecular flexibility index (Phi) is 6.04. The third kappa shape index (κ3) is 4.26. The average molecular weight is 452 g/mol. The number of benzene rings is 1. The number of furan rings is 1. The lowest BCUT2D eigenvalue weighted by Gasteiger charge is -2.10. The molecule has 0 spiro atoms. The second-order valence-corrected chi connectivity index (χ2v) is 7.92. The number of thiophene rings is 1. The van der Waals surface area contributed by atoms with Crippen molar-refractivity contribution in [3.8, 4) is 5.75 Å². The summed E-state index contributed by atoms with van der Waals surface area (Å²) in [6.45, 7) is 1.71. The second kappa shape index (κ2) is 9.06. The second-order valence-electron chi connectivity index (χ2n) is 6.92. The molecule has 2 amide bonds. The number of para-hydroxylation sites is 2. The zero-order valence-corrected chi connectivity index (χ0v) is 18.2. The fraction of sp³-hybridized carbons (Fsp3) is 0.182. The summed E-state index contributed by atoms with van der Waals surface area (Å²) in [5.74, 6) is 0.420.